The molecule has 0 atom stereocenters. The molecular weight excluding hydrogens is 234 g/mol. The van der Waals surface area contributed by atoms with Crippen molar-refractivity contribution in [1.82, 2.24) is 20.7 Å². The second kappa shape index (κ2) is 6.15. The molecule has 2 aromatic rings. The Morgan fingerprint density at radius 1 is 1.28 bits per heavy atom. The van der Waals surface area contributed by atoms with Crippen molar-refractivity contribution in [2.45, 2.75) is 26.9 Å². The Morgan fingerprint density at radius 2 is 2.17 bits per heavy atom. The van der Waals surface area contributed by atoms with Crippen LogP contribution >= 0.6 is 0 Å². The summed E-state index contributed by atoms with van der Waals surface area (Å²) in [6.45, 7) is 6.29. The molecular formula is C11H17N5O2. The molecule has 98 valence electrons. The van der Waals surface area contributed by atoms with E-state index in [0.29, 0.717) is 30.9 Å². The van der Waals surface area contributed by atoms with Crippen LogP contribution in [0.5, 0.6) is 0 Å². The van der Waals surface area contributed by atoms with Crippen LogP contribution < -0.4 is 10.6 Å². The van der Waals surface area contributed by atoms with Gasteiger partial charge in [0.05, 0.1) is 13.1 Å². The van der Waals surface area contributed by atoms with Gasteiger partial charge in [-0.3, -0.25) is 0 Å². The van der Waals surface area contributed by atoms with Crippen LogP contribution in [0, 0.1) is 5.92 Å². The lowest BCUT2D eigenvalue weighted by Crippen LogP contribution is -2.19. The highest BCUT2D eigenvalue weighted by atomic mass is 16.5. The highest BCUT2D eigenvalue weighted by Crippen LogP contribution is 2.07. The molecule has 0 aliphatic heterocycles. The van der Waals surface area contributed by atoms with Crippen molar-refractivity contribution in [2.75, 3.05) is 11.9 Å². The number of aromatic nitrogens is 3. The monoisotopic (exact) mass is 251 g/mol. The first-order chi connectivity index (χ1) is 8.74. The summed E-state index contributed by atoms with van der Waals surface area (Å²) in [5.41, 5.74) is 0.785. The van der Waals surface area contributed by atoms with Gasteiger partial charge in [0.15, 0.2) is 0 Å². The van der Waals surface area contributed by atoms with E-state index in [-0.39, 0.29) is 0 Å². The van der Waals surface area contributed by atoms with Crippen molar-refractivity contribution >= 4 is 6.01 Å². The van der Waals surface area contributed by atoms with Gasteiger partial charge in [-0.15, -0.1) is 5.10 Å². The SMILES string of the molecule is CC(C)CNCc1nnc(NCc2ccon2)o1. The van der Waals surface area contributed by atoms with E-state index in [4.69, 9.17) is 8.94 Å². The van der Waals surface area contributed by atoms with Crippen molar-refractivity contribution in [3.63, 3.8) is 0 Å². The van der Waals surface area contributed by atoms with Crippen LogP contribution in [0.2, 0.25) is 0 Å². The van der Waals surface area contributed by atoms with E-state index in [1.807, 2.05) is 0 Å². The lowest BCUT2D eigenvalue weighted by molar-refractivity contribution is 0.412. The molecule has 18 heavy (non-hydrogen) atoms. The van der Waals surface area contributed by atoms with Crippen LogP contribution in [0.3, 0.4) is 0 Å². The molecule has 0 bridgehead atoms. The Labute approximate surface area is 105 Å². The van der Waals surface area contributed by atoms with Gasteiger partial charge in [0, 0.05) is 6.07 Å². The number of hydrogen-bond acceptors (Lipinski definition) is 7. The van der Waals surface area contributed by atoms with E-state index in [1.54, 1.807) is 6.07 Å². The van der Waals surface area contributed by atoms with Crippen molar-refractivity contribution < 1.29 is 8.94 Å². The van der Waals surface area contributed by atoms with E-state index in [2.05, 4.69) is 39.8 Å². The van der Waals surface area contributed by atoms with E-state index in [1.165, 1.54) is 6.26 Å². The molecule has 7 heteroatoms. The third-order valence-electron chi connectivity index (χ3n) is 2.21. The van der Waals surface area contributed by atoms with Gasteiger partial charge in [-0.2, -0.15) is 0 Å². The molecule has 0 aliphatic carbocycles. The Morgan fingerprint density at radius 3 is 2.89 bits per heavy atom. The summed E-state index contributed by atoms with van der Waals surface area (Å²) in [5, 5.41) is 17.8. The Kier molecular flexibility index (Phi) is 4.30. The fourth-order valence-corrected chi connectivity index (χ4v) is 1.36. The van der Waals surface area contributed by atoms with Crippen LogP contribution in [0.15, 0.2) is 21.3 Å². The summed E-state index contributed by atoms with van der Waals surface area (Å²) in [7, 11) is 0. The standard InChI is InChI=1S/C11H17N5O2/c1-8(2)5-12-7-10-14-15-11(18-10)13-6-9-3-4-17-16-9/h3-4,8,12H,5-7H2,1-2H3,(H,13,15). The Bertz CT molecular complexity index is 452. The third kappa shape index (κ3) is 3.85. The molecule has 0 amide bonds. The quantitative estimate of drug-likeness (QED) is 0.769. The van der Waals surface area contributed by atoms with Crippen LogP contribution in [0.1, 0.15) is 25.4 Å². The van der Waals surface area contributed by atoms with Gasteiger partial charge >= 0.3 is 6.01 Å². The van der Waals surface area contributed by atoms with Crippen LogP contribution in [-0.4, -0.2) is 21.9 Å². The number of anilines is 1. The number of hydrogen-bond donors (Lipinski definition) is 2. The molecule has 2 aromatic heterocycles. The summed E-state index contributed by atoms with van der Waals surface area (Å²) < 4.78 is 10.1. The second-order valence-electron chi connectivity index (χ2n) is 4.37. The molecule has 0 aliphatic rings. The molecule has 0 fully saturated rings. The largest absolute Gasteiger partial charge is 0.407 e. The summed E-state index contributed by atoms with van der Waals surface area (Å²) in [6.07, 6.45) is 1.52. The fraction of sp³-hybridized carbons (Fsp3) is 0.545. The average Bonchev–Trinajstić information content (AvgIpc) is 2.96. The number of rotatable bonds is 7. The zero-order valence-corrected chi connectivity index (χ0v) is 10.5. The molecule has 0 saturated carbocycles. The highest BCUT2D eigenvalue weighted by Gasteiger charge is 2.06. The molecule has 2 rings (SSSR count). The molecule has 0 radical (unpaired) electrons. The molecule has 0 unspecified atom stereocenters. The maximum Gasteiger partial charge on any atom is 0.315 e. The number of nitrogens with zero attached hydrogens (tertiary/aromatic N) is 3. The van der Waals surface area contributed by atoms with Crippen LogP contribution in [0.4, 0.5) is 6.01 Å². The van der Waals surface area contributed by atoms with Gasteiger partial charge < -0.3 is 19.6 Å². The normalized spacial score (nSPS) is 11.1. The zero-order chi connectivity index (χ0) is 12.8. The summed E-state index contributed by atoms with van der Waals surface area (Å²) >= 11 is 0. The Hall–Kier alpha value is -1.89. The van der Waals surface area contributed by atoms with Gasteiger partial charge in [0.25, 0.3) is 0 Å². The van der Waals surface area contributed by atoms with E-state index in [0.717, 1.165) is 12.2 Å². The first kappa shape index (κ1) is 12.6. The molecule has 2 N–H and O–H groups in total. The van der Waals surface area contributed by atoms with Gasteiger partial charge in [-0.1, -0.05) is 24.1 Å². The zero-order valence-electron chi connectivity index (χ0n) is 10.5. The molecule has 7 nitrogen and oxygen atoms in total. The summed E-state index contributed by atoms with van der Waals surface area (Å²) in [6, 6.07) is 2.16. The minimum Gasteiger partial charge on any atom is -0.407 e. The lowest BCUT2D eigenvalue weighted by Gasteiger charge is -2.03. The average molecular weight is 251 g/mol. The van der Waals surface area contributed by atoms with E-state index in [9.17, 15) is 0 Å². The lowest BCUT2D eigenvalue weighted by atomic mass is 10.2. The topological polar surface area (TPSA) is 89.0 Å². The van der Waals surface area contributed by atoms with Gasteiger partial charge in [0.2, 0.25) is 5.89 Å². The predicted molar refractivity (Wildman–Crippen MR) is 64.7 cm³/mol. The molecule has 0 aromatic carbocycles. The van der Waals surface area contributed by atoms with E-state index < -0.39 is 0 Å². The maximum absolute atomic E-state index is 5.41. The molecule has 2 heterocycles. The molecule has 0 spiro atoms. The van der Waals surface area contributed by atoms with Gasteiger partial charge in [0.1, 0.15) is 12.0 Å². The summed E-state index contributed by atoms with van der Waals surface area (Å²) in [4.78, 5) is 0. The van der Waals surface area contributed by atoms with Gasteiger partial charge in [-0.05, 0) is 12.5 Å². The van der Waals surface area contributed by atoms with Crippen LogP contribution in [0.25, 0.3) is 0 Å². The smallest absolute Gasteiger partial charge is 0.315 e. The minimum atomic E-state index is 0.388. The molecule has 0 saturated heterocycles. The number of nitrogens with one attached hydrogen (secondary N) is 2. The predicted octanol–water partition coefficient (Wildman–Crippen LogP) is 1.42. The van der Waals surface area contributed by atoms with Crippen molar-refractivity contribution in [1.29, 1.82) is 0 Å². The highest BCUT2D eigenvalue weighted by molar-refractivity contribution is 5.18. The first-order valence-electron chi connectivity index (χ1n) is 5.90. The van der Waals surface area contributed by atoms with Crippen LogP contribution in [-0.2, 0) is 13.1 Å². The third-order valence-corrected chi connectivity index (χ3v) is 2.21. The van der Waals surface area contributed by atoms with Gasteiger partial charge in [-0.25, -0.2) is 0 Å². The summed E-state index contributed by atoms with van der Waals surface area (Å²) in [5.74, 6) is 1.16. The minimum absolute atomic E-state index is 0.388. The van der Waals surface area contributed by atoms with Crippen molar-refractivity contribution in [2.24, 2.45) is 5.92 Å². The Balaban J connectivity index is 1.75. The second-order valence-corrected chi connectivity index (χ2v) is 4.37. The maximum atomic E-state index is 5.41. The van der Waals surface area contributed by atoms with E-state index >= 15 is 0 Å². The first-order valence-corrected chi connectivity index (χ1v) is 5.90. The fourth-order valence-electron chi connectivity index (χ4n) is 1.36. The van der Waals surface area contributed by atoms with Crippen molar-refractivity contribution in [3.8, 4) is 0 Å². The van der Waals surface area contributed by atoms with Crippen molar-refractivity contribution in [3.05, 3.63) is 23.9 Å².